The van der Waals surface area contributed by atoms with E-state index in [0.29, 0.717) is 0 Å². The highest BCUT2D eigenvalue weighted by Crippen LogP contribution is 2.07. The highest BCUT2D eigenvalue weighted by Gasteiger charge is 2.31. The lowest BCUT2D eigenvalue weighted by atomic mass is 10.1. The first-order valence-electron chi connectivity index (χ1n) is 5.21. The second-order valence-electron chi connectivity index (χ2n) is 4.23. The third kappa shape index (κ3) is 3.27. The van der Waals surface area contributed by atoms with Gasteiger partial charge in [0.1, 0.15) is 11.2 Å². The first kappa shape index (κ1) is 13.2. The van der Waals surface area contributed by atoms with Crippen molar-refractivity contribution in [2.24, 2.45) is 0 Å². The highest BCUT2D eigenvalue weighted by molar-refractivity contribution is 5.96. The number of methoxy groups -OCH3 is 1. The van der Waals surface area contributed by atoms with Crippen LogP contribution in [-0.2, 0) is 9.53 Å². The molecule has 0 aliphatic carbocycles. The molecular weight excluding hydrogens is 220 g/mol. The standard InChI is InChI=1S/C12H16N2O3/c1-8-6-5-7-9(13-8)10(15)14-12(2,3)11(16)17-4/h5-7H,1-4H3,(H,14,15). The smallest absolute Gasteiger partial charge is 0.330 e. The number of ether oxygens (including phenoxy) is 1. The van der Waals surface area contributed by atoms with Crippen molar-refractivity contribution in [1.82, 2.24) is 10.3 Å². The molecule has 0 fully saturated rings. The van der Waals surface area contributed by atoms with Gasteiger partial charge in [-0.2, -0.15) is 0 Å². The Hall–Kier alpha value is -1.91. The Balaban J connectivity index is 2.83. The molecular formula is C12H16N2O3. The largest absolute Gasteiger partial charge is 0.467 e. The predicted octanol–water partition coefficient (Wildman–Crippen LogP) is 1.07. The van der Waals surface area contributed by atoms with Crippen LogP contribution in [0.5, 0.6) is 0 Å². The summed E-state index contributed by atoms with van der Waals surface area (Å²) in [4.78, 5) is 27.3. The number of carbonyl (C=O) groups excluding carboxylic acids is 2. The lowest BCUT2D eigenvalue weighted by Crippen LogP contribution is -2.50. The van der Waals surface area contributed by atoms with E-state index >= 15 is 0 Å². The third-order valence-electron chi connectivity index (χ3n) is 2.24. The number of carbonyl (C=O) groups is 2. The first-order valence-corrected chi connectivity index (χ1v) is 5.21. The Labute approximate surface area is 100 Å². The summed E-state index contributed by atoms with van der Waals surface area (Å²) in [7, 11) is 1.28. The summed E-state index contributed by atoms with van der Waals surface area (Å²) in [5.74, 6) is -0.900. The van der Waals surface area contributed by atoms with Crippen LogP contribution in [0.15, 0.2) is 18.2 Å². The second kappa shape index (κ2) is 4.95. The van der Waals surface area contributed by atoms with Crippen molar-refractivity contribution in [3.05, 3.63) is 29.6 Å². The molecule has 5 nitrogen and oxygen atoms in total. The van der Waals surface area contributed by atoms with Crippen molar-refractivity contribution in [1.29, 1.82) is 0 Å². The number of nitrogens with one attached hydrogen (secondary N) is 1. The Kier molecular flexibility index (Phi) is 3.83. The van der Waals surface area contributed by atoms with E-state index in [-0.39, 0.29) is 5.69 Å². The van der Waals surface area contributed by atoms with Gasteiger partial charge in [0.2, 0.25) is 0 Å². The number of aromatic nitrogens is 1. The zero-order valence-electron chi connectivity index (χ0n) is 10.4. The molecule has 0 radical (unpaired) electrons. The van der Waals surface area contributed by atoms with Crippen molar-refractivity contribution in [2.75, 3.05) is 7.11 Å². The lowest BCUT2D eigenvalue weighted by Gasteiger charge is -2.22. The van der Waals surface area contributed by atoms with Gasteiger partial charge >= 0.3 is 5.97 Å². The molecule has 17 heavy (non-hydrogen) atoms. The van der Waals surface area contributed by atoms with Crippen LogP contribution in [-0.4, -0.2) is 29.5 Å². The molecule has 1 rings (SSSR count). The van der Waals surface area contributed by atoms with Crippen molar-refractivity contribution < 1.29 is 14.3 Å². The van der Waals surface area contributed by atoms with Crippen LogP contribution >= 0.6 is 0 Å². The molecule has 0 saturated heterocycles. The van der Waals surface area contributed by atoms with E-state index in [1.807, 2.05) is 0 Å². The highest BCUT2D eigenvalue weighted by atomic mass is 16.5. The quantitative estimate of drug-likeness (QED) is 0.797. The summed E-state index contributed by atoms with van der Waals surface area (Å²) in [6, 6.07) is 5.13. The molecule has 0 saturated carbocycles. The second-order valence-corrected chi connectivity index (χ2v) is 4.23. The summed E-state index contributed by atoms with van der Waals surface area (Å²) < 4.78 is 4.60. The monoisotopic (exact) mass is 236 g/mol. The Morgan fingerprint density at radius 3 is 2.53 bits per heavy atom. The number of amides is 1. The van der Waals surface area contributed by atoms with E-state index in [1.165, 1.54) is 7.11 Å². The van der Waals surface area contributed by atoms with E-state index < -0.39 is 17.4 Å². The van der Waals surface area contributed by atoms with Crippen LogP contribution in [0.4, 0.5) is 0 Å². The fourth-order valence-corrected chi connectivity index (χ4v) is 1.32. The minimum atomic E-state index is -1.07. The number of hydrogen-bond acceptors (Lipinski definition) is 4. The van der Waals surface area contributed by atoms with Gasteiger partial charge in [-0.3, -0.25) is 4.79 Å². The summed E-state index contributed by atoms with van der Waals surface area (Å²) in [6.07, 6.45) is 0. The summed E-state index contributed by atoms with van der Waals surface area (Å²) in [5.41, 5.74) is -0.0485. The molecule has 0 bridgehead atoms. The molecule has 92 valence electrons. The van der Waals surface area contributed by atoms with Crippen LogP contribution in [0.25, 0.3) is 0 Å². The zero-order valence-corrected chi connectivity index (χ0v) is 10.4. The molecule has 1 amide bonds. The average Bonchev–Trinajstić information content (AvgIpc) is 2.27. The Morgan fingerprint density at radius 1 is 1.35 bits per heavy atom. The molecule has 1 heterocycles. The fraction of sp³-hybridized carbons (Fsp3) is 0.417. The van der Waals surface area contributed by atoms with Gasteiger partial charge in [0.05, 0.1) is 7.11 Å². The number of pyridine rings is 1. The van der Waals surface area contributed by atoms with Gasteiger partial charge in [-0.1, -0.05) is 6.07 Å². The SMILES string of the molecule is COC(=O)C(C)(C)NC(=O)c1cccc(C)n1. The van der Waals surface area contributed by atoms with Gasteiger partial charge in [-0.25, -0.2) is 9.78 Å². The number of hydrogen-bond donors (Lipinski definition) is 1. The van der Waals surface area contributed by atoms with Crippen LogP contribution in [0.2, 0.25) is 0 Å². The predicted molar refractivity (Wildman–Crippen MR) is 62.5 cm³/mol. The average molecular weight is 236 g/mol. The van der Waals surface area contributed by atoms with Gasteiger partial charge in [0.25, 0.3) is 5.91 Å². The maximum absolute atomic E-state index is 11.9. The number of rotatable bonds is 3. The van der Waals surface area contributed by atoms with Crippen LogP contribution in [0.1, 0.15) is 30.0 Å². The molecule has 0 aliphatic rings. The van der Waals surface area contributed by atoms with Gasteiger partial charge in [0.15, 0.2) is 0 Å². The Morgan fingerprint density at radius 2 is 2.00 bits per heavy atom. The van der Waals surface area contributed by atoms with E-state index in [0.717, 1.165) is 5.69 Å². The lowest BCUT2D eigenvalue weighted by molar-refractivity contribution is -0.146. The van der Waals surface area contributed by atoms with Crippen molar-refractivity contribution >= 4 is 11.9 Å². The zero-order chi connectivity index (χ0) is 13.1. The third-order valence-corrected chi connectivity index (χ3v) is 2.24. The summed E-state index contributed by atoms with van der Waals surface area (Å²) in [5, 5.41) is 2.57. The van der Waals surface area contributed by atoms with Gasteiger partial charge in [-0.05, 0) is 32.9 Å². The van der Waals surface area contributed by atoms with Gasteiger partial charge in [-0.15, -0.1) is 0 Å². The van der Waals surface area contributed by atoms with E-state index in [9.17, 15) is 9.59 Å². The number of esters is 1. The maximum atomic E-state index is 11.9. The molecule has 0 aliphatic heterocycles. The molecule has 1 N–H and O–H groups in total. The van der Waals surface area contributed by atoms with Gasteiger partial charge in [0, 0.05) is 5.69 Å². The summed E-state index contributed by atoms with van der Waals surface area (Å²) in [6.45, 7) is 4.95. The molecule has 0 spiro atoms. The molecule has 0 atom stereocenters. The van der Waals surface area contributed by atoms with Crippen molar-refractivity contribution in [3.8, 4) is 0 Å². The maximum Gasteiger partial charge on any atom is 0.330 e. The van der Waals surface area contributed by atoms with E-state index in [4.69, 9.17) is 0 Å². The molecule has 0 unspecified atom stereocenters. The normalized spacial score (nSPS) is 10.8. The molecule has 5 heteroatoms. The first-order chi connectivity index (χ1) is 7.86. The molecule has 1 aromatic rings. The van der Waals surface area contributed by atoms with Crippen LogP contribution in [0, 0.1) is 6.92 Å². The Bertz CT molecular complexity index is 441. The van der Waals surface area contributed by atoms with Crippen molar-refractivity contribution in [3.63, 3.8) is 0 Å². The van der Waals surface area contributed by atoms with E-state index in [2.05, 4.69) is 15.0 Å². The minimum Gasteiger partial charge on any atom is -0.467 e. The topological polar surface area (TPSA) is 68.3 Å². The number of aryl methyl sites for hydroxylation is 1. The van der Waals surface area contributed by atoms with Crippen LogP contribution < -0.4 is 5.32 Å². The molecule has 1 aromatic heterocycles. The number of nitrogens with zero attached hydrogens (tertiary/aromatic N) is 1. The summed E-state index contributed by atoms with van der Waals surface area (Å²) >= 11 is 0. The van der Waals surface area contributed by atoms with Crippen molar-refractivity contribution in [2.45, 2.75) is 26.3 Å². The minimum absolute atomic E-state index is 0.280. The van der Waals surface area contributed by atoms with Crippen LogP contribution in [0.3, 0.4) is 0 Å². The molecule has 0 aromatic carbocycles. The van der Waals surface area contributed by atoms with E-state index in [1.54, 1.807) is 39.0 Å². The fourth-order valence-electron chi connectivity index (χ4n) is 1.32. The van der Waals surface area contributed by atoms with Gasteiger partial charge < -0.3 is 10.1 Å².